The molecular weight excluding hydrogens is 212 g/mol. The van der Waals surface area contributed by atoms with E-state index in [4.69, 9.17) is 0 Å². The van der Waals surface area contributed by atoms with Gasteiger partial charge in [-0.05, 0) is 51.1 Å². The SMILES string of the molecule is CCNC1CCC(N2CCC(C)C(O)C2)CC1. The molecule has 2 unspecified atom stereocenters. The Bertz CT molecular complexity index is 226. The molecule has 0 aromatic carbocycles. The van der Waals surface area contributed by atoms with Crippen LogP contribution in [0.5, 0.6) is 0 Å². The highest BCUT2D eigenvalue weighted by Gasteiger charge is 2.31. The monoisotopic (exact) mass is 240 g/mol. The Labute approximate surface area is 106 Å². The van der Waals surface area contributed by atoms with Crippen molar-refractivity contribution in [2.45, 2.75) is 64.1 Å². The summed E-state index contributed by atoms with van der Waals surface area (Å²) in [7, 11) is 0. The smallest absolute Gasteiger partial charge is 0.0693 e. The van der Waals surface area contributed by atoms with Gasteiger partial charge in [0.05, 0.1) is 6.10 Å². The molecule has 2 fully saturated rings. The van der Waals surface area contributed by atoms with Crippen LogP contribution in [0.3, 0.4) is 0 Å². The zero-order chi connectivity index (χ0) is 12.3. The van der Waals surface area contributed by atoms with Crippen LogP contribution < -0.4 is 5.32 Å². The number of hydrogen-bond donors (Lipinski definition) is 2. The highest BCUT2D eigenvalue weighted by molar-refractivity contribution is 4.87. The molecule has 0 radical (unpaired) electrons. The topological polar surface area (TPSA) is 35.5 Å². The maximum absolute atomic E-state index is 9.96. The summed E-state index contributed by atoms with van der Waals surface area (Å²) in [6.45, 7) is 7.54. The second-order valence-electron chi connectivity index (χ2n) is 5.89. The van der Waals surface area contributed by atoms with Crippen LogP contribution in [-0.2, 0) is 0 Å². The van der Waals surface area contributed by atoms with Gasteiger partial charge in [-0.25, -0.2) is 0 Å². The van der Waals surface area contributed by atoms with Gasteiger partial charge in [0.25, 0.3) is 0 Å². The van der Waals surface area contributed by atoms with Crippen molar-refractivity contribution in [2.24, 2.45) is 5.92 Å². The average molecular weight is 240 g/mol. The predicted octanol–water partition coefficient (Wildman–Crippen LogP) is 1.61. The zero-order valence-corrected chi connectivity index (χ0v) is 11.4. The minimum Gasteiger partial charge on any atom is -0.392 e. The lowest BCUT2D eigenvalue weighted by Gasteiger charge is -2.42. The van der Waals surface area contributed by atoms with Gasteiger partial charge in [0.15, 0.2) is 0 Å². The summed E-state index contributed by atoms with van der Waals surface area (Å²) >= 11 is 0. The molecule has 2 atom stereocenters. The van der Waals surface area contributed by atoms with Gasteiger partial charge >= 0.3 is 0 Å². The van der Waals surface area contributed by atoms with Crippen molar-refractivity contribution in [3.63, 3.8) is 0 Å². The molecular formula is C14H28N2O. The van der Waals surface area contributed by atoms with Gasteiger partial charge < -0.3 is 10.4 Å². The van der Waals surface area contributed by atoms with E-state index in [2.05, 4.69) is 24.1 Å². The van der Waals surface area contributed by atoms with Crippen LogP contribution in [0, 0.1) is 5.92 Å². The molecule has 3 heteroatoms. The third kappa shape index (κ3) is 3.43. The Morgan fingerprint density at radius 2 is 1.88 bits per heavy atom. The van der Waals surface area contributed by atoms with Crippen LogP contribution >= 0.6 is 0 Å². The molecule has 100 valence electrons. The van der Waals surface area contributed by atoms with Crippen LogP contribution in [0.15, 0.2) is 0 Å². The van der Waals surface area contributed by atoms with Gasteiger partial charge in [-0.2, -0.15) is 0 Å². The van der Waals surface area contributed by atoms with Gasteiger partial charge in [0.2, 0.25) is 0 Å². The van der Waals surface area contributed by atoms with E-state index in [9.17, 15) is 5.11 Å². The molecule has 1 aliphatic carbocycles. The van der Waals surface area contributed by atoms with Crippen LogP contribution in [0.25, 0.3) is 0 Å². The van der Waals surface area contributed by atoms with Crippen molar-refractivity contribution in [2.75, 3.05) is 19.6 Å². The third-order valence-electron chi connectivity index (χ3n) is 4.66. The van der Waals surface area contributed by atoms with Crippen LogP contribution in [-0.4, -0.2) is 47.8 Å². The molecule has 0 spiro atoms. The average Bonchev–Trinajstić information content (AvgIpc) is 2.34. The molecule has 1 aliphatic heterocycles. The highest BCUT2D eigenvalue weighted by atomic mass is 16.3. The normalized spacial score (nSPS) is 40.4. The third-order valence-corrected chi connectivity index (χ3v) is 4.66. The van der Waals surface area contributed by atoms with Crippen molar-refractivity contribution in [1.29, 1.82) is 0 Å². The Kier molecular flexibility index (Phi) is 4.83. The molecule has 3 nitrogen and oxygen atoms in total. The number of aliphatic hydroxyl groups excluding tert-OH is 1. The van der Waals surface area contributed by atoms with Gasteiger partial charge in [-0.15, -0.1) is 0 Å². The Morgan fingerprint density at radius 1 is 1.18 bits per heavy atom. The molecule has 0 aromatic rings. The van der Waals surface area contributed by atoms with Gasteiger partial charge in [0, 0.05) is 18.6 Å². The zero-order valence-electron chi connectivity index (χ0n) is 11.4. The maximum Gasteiger partial charge on any atom is 0.0693 e. The van der Waals surface area contributed by atoms with E-state index in [-0.39, 0.29) is 6.10 Å². The number of likely N-dealkylation sites (tertiary alicyclic amines) is 1. The number of piperidine rings is 1. The van der Waals surface area contributed by atoms with E-state index >= 15 is 0 Å². The fourth-order valence-electron chi connectivity index (χ4n) is 3.34. The number of nitrogens with one attached hydrogen (secondary N) is 1. The first-order valence-electron chi connectivity index (χ1n) is 7.36. The number of β-amino-alcohol motifs (C(OH)–C–C–N with tert-alkyl or cyclic N) is 1. The van der Waals surface area contributed by atoms with Crippen molar-refractivity contribution < 1.29 is 5.11 Å². The molecule has 17 heavy (non-hydrogen) atoms. The molecule has 1 saturated heterocycles. The lowest BCUT2D eigenvalue weighted by atomic mass is 9.87. The van der Waals surface area contributed by atoms with E-state index in [0.29, 0.717) is 5.92 Å². The fourth-order valence-corrected chi connectivity index (χ4v) is 3.34. The van der Waals surface area contributed by atoms with Crippen molar-refractivity contribution >= 4 is 0 Å². The number of aliphatic hydroxyl groups is 1. The summed E-state index contributed by atoms with van der Waals surface area (Å²) in [5.74, 6) is 0.490. The Hall–Kier alpha value is -0.120. The van der Waals surface area contributed by atoms with Crippen molar-refractivity contribution in [1.82, 2.24) is 10.2 Å². The van der Waals surface area contributed by atoms with E-state index in [1.807, 2.05) is 0 Å². The van der Waals surface area contributed by atoms with E-state index in [1.165, 1.54) is 32.2 Å². The molecule has 0 bridgehead atoms. The summed E-state index contributed by atoms with van der Waals surface area (Å²) in [4.78, 5) is 2.53. The van der Waals surface area contributed by atoms with E-state index in [0.717, 1.165) is 31.6 Å². The predicted molar refractivity (Wildman–Crippen MR) is 71.1 cm³/mol. The summed E-state index contributed by atoms with van der Waals surface area (Å²) < 4.78 is 0. The molecule has 2 aliphatic rings. The fraction of sp³-hybridized carbons (Fsp3) is 1.00. The van der Waals surface area contributed by atoms with Crippen LogP contribution in [0.2, 0.25) is 0 Å². The molecule has 2 N–H and O–H groups in total. The second-order valence-corrected chi connectivity index (χ2v) is 5.89. The number of hydrogen-bond acceptors (Lipinski definition) is 3. The van der Waals surface area contributed by atoms with Gasteiger partial charge in [-0.1, -0.05) is 13.8 Å². The minimum absolute atomic E-state index is 0.102. The summed E-state index contributed by atoms with van der Waals surface area (Å²) in [6.07, 6.45) is 6.28. The van der Waals surface area contributed by atoms with Gasteiger partial charge in [0.1, 0.15) is 0 Å². The van der Waals surface area contributed by atoms with Crippen molar-refractivity contribution in [3.8, 4) is 0 Å². The largest absolute Gasteiger partial charge is 0.392 e. The van der Waals surface area contributed by atoms with E-state index in [1.54, 1.807) is 0 Å². The van der Waals surface area contributed by atoms with Crippen LogP contribution in [0.1, 0.15) is 46.0 Å². The van der Waals surface area contributed by atoms with Crippen molar-refractivity contribution in [3.05, 3.63) is 0 Å². The van der Waals surface area contributed by atoms with Gasteiger partial charge in [-0.3, -0.25) is 4.90 Å². The number of nitrogens with zero attached hydrogens (tertiary/aromatic N) is 1. The molecule has 1 heterocycles. The highest BCUT2D eigenvalue weighted by Crippen LogP contribution is 2.27. The molecule has 0 aromatic heterocycles. The molecule has 1 saturated carbocycles. The lowest BCUT2D eigenvalue weighted by molar-refractivity contribution is 0.000902. The first-order valence-corrected chi connectivity index (χ1v) is 7.36. The Morgan fingerprint density at radius 3 is 2.47 bits per heavy atom. The maximum atomic E-state index is 9.96. The summed E-state index contributed by atoms with van der Waals surface area (Å²) in [5, 5.41) is 13.5. The second kappa shape index (κ2) is 6.17. The molecule has 2 rings (SSSR count). The first-order chi connectivity index (χ1) is 8.20. The van der Waals surface area contributed by atoms with E-state index < -0.39 is 0 Å². The standard InChI is InChI=1S/C14H28N2O/c1-3-15-12-4-6-13(7-5-12)16-9-8-11(2)14(17)10-16/h11-15,17H,3-10H2,1-2H3. The minimum atomic E-state index is -0.102. The Balaban J connectivity index is 1.77. The summed E-state index contributed by atoms with van der Waals surface area (Å²) in [6, 6.07) is 1.47. The summed E-state index contributed by atoms with van der Waals surface area (Å²) in [5.41, 5.74) is 0. The van der Waals surface area contributed by atoms with Crippen LogP contribution in [0.4, 0.5) is 0 Å². The lowest BCUT2D eigenvalue weighted by Crippen LogP contribution is -2.50. The quantitative estimate of drug-likeness (QED) is 0.787. The number of rotatable bonds is 3. The molecule has 0 amide bonds. The first kappa shape index (κ1) is 13.3.